The normalized spacial score (nSPS) is 11.8. The van der Waals surface area contributed by atoms with Gasteiger partial charge in [0.15, 0.2) is 11.5 Å². The van der Waals surface area contributed by atoms with Crippen LogP contribution in [0.15, 0.2) is 36.5 Å². The smallest absolute Gasteiger partial charge is 0.272 e. The molecule has 7 nitrogen and oxygen atoms in total. The standard InChI is InChI=1S/C14H11N3O4S/c18-12(8-3-4-10-11(6-8)21-7-20-10)16-17-13(19)9-2-1-5-15-14(9)22/h1-6H,7H2,(H,15,22)(H,16,18)(H,17,19). The van der Waals surface area contributed by atoms with Crippen LogP contribution in [0.3, 0.4) is 0 Å². The summed E-state index contributed by atoms with van der Waals surface area (Å²) in [6, 6.07) is 7.94. The van der Waals surface area contributed by atoms with Gasteiger partial charge < -0.3 is 14.5 Å². The number of hydrazine groups is 1. The molecule has 0 radical (unpaired) electrons. The van der Waals surface area contributed by atoms with E-state index in [9.17, 15) is 9.59 Å². The Morgan fingerprint density at radius 3 is 2.68 bits per heavy atom. The lowest BCUT2D eigenvalue weighted by atomic mass is 10.2. The second-order valence-electron chi connectivity index (χ2n) is 4.39. The van der Waals surface area contributed by atoms with Crippen molar-refractivity contribution in [3.63, 3.8) is 0 Å². The number of amides is 2. The van der Waals surface area contributed by atoms with Gasteiger partial charge >= 0.3 is 0 Å². The van der Waals surface area contributed by atoms with E-state index in [1.54, 1.807) is 36.5 Å². The van der Waals surface area contributed by atoms with Crippen molar-refractivity contribution in [3.05, 3.63) is 52.3 Å². The van der Waals surface area contributed by atoms with Crippen molar-refractivity contribution in [1.29, 1.82) is 0 Å². The summed E-state index contributed by atoms with van der Waals surface area (Å²) in [6.07, 6.45) is 1.62. The van der Waals surface area contributed by atoms with Crippen molar-refractivity contribution in [2.75, 3.05) is 6.79 Å². The van der Waals surface area contributed by atoms with Crippen LogP contribution in [-0.4, -0.2) is 23.6 Å². The van der Waals surface area contributed by atoms with Gasteiger partial charge in [-0.05, 0) is 30.3 Å². The maximum atomic E-state index is 12.0. The fraction of sp³-hybridized carbons (Fsp3) is 0.0714. The molecular weight excluding hydrogens is 306 g/mol. The van der Waals surface area contributed by atoms with Crippen LogP contribution in [0.5, 0.6) is 11.5 Å². The van der Waals surface area contributed by atoms with Crippen molar-refractivity contribution in [1.82, 2.24) is 15.8 Å². The lowest BCUT2D eigenvalue weighted by Gasteiger charge is -2.08. The molecule has 0 atom stereocenters. The highest BCUT2D eigenvalue weighted by Crippen LogP contribution is 2.32. The molecule has 0 saturated heterocycles. The number of hydrogen-bond donors (Lipinski definition) is 3. The van der Waals surface area contributed by atoms with Crippen LogP contribution in [0, 0.1) is 4.64 Å². The number of nitrogens with one attached hydrogen (secondary N) is 3. The van der Waals surface area contributed by atoms with E-state index < -0.39 is 11.8 Å². The molecule has 22 heavy (non-hydrogen) atoms. The molecule has 0 fully saturated rings. The molecule has 1 aliphatic rings. The number of aromatic amines is 1. The highest BCUT2D eigenvalue weighted by atomic mass is 32.1. The van der Waals surface area contributed by atoms with Crippen molar-refractivity contribution in [2.45, 2.75) is 0 Å². The Labute approximate surface area is 130 Å². The third-order valence-electron chi connectivity index (χ3n) is 2.99. The molecule has 0 bridgehead atoms. The van der Waals surface area contributed by atoms with Crippen LogP contribution in [0.1, 0.15) is 20.7 Å². The highest BCUT2D eigenvalue weighted by molar-refractivity contribution is 7.71. The molecule has 8 heteroatoms. The van der Waals surface area contributed by atoms with E-state index in [1.165, 1.54) is 0 Å². The van der Waals surface area contributed by atoms with Gasteiger partial charge in [0.1, 0.15) is 4.64 Å². The van der Waals surface area contributed by atoms with Crippen molar-refractivity contribution >= 4 is 24.0 Å². The molecule has 0 aliphatic carbocycles. The SMILES string of the molecule is O=C(NNC(=O)c1ccc[nH]c1=S)c1ccc2c(c1)OCO2. The molecule has 0 unspecified atom stereocenters. The first-order valence-electron chi connectivity index (χ1n) is 6.33. The Hall–Kier alpha value is -2.87. The minimum absolute atomic E-state index is 0.128. The predicted molar refractivity (Wildman–Crippen MR) is 79.1 cm³/mol. The minimum atomic E-state index is -0.504. The molecule has 3 N–H and O–H groups in total. The highest BCUT2D eigenvalue weighted by Gasteiger charge is 2.16. The topological polar surface area (TPSA) is 92.5 Å². The Morgan fingerprint density at radius 2 is 1.86 bits per heavy atom. The van der Waals surface area contributed by atoms with Crippen LogP contribution in [0.2, 0.25) is 0 Å². The Bertz CT molecular complexity index is 803. The second kappa shape index (κ2) is 5.86. The maximum absolute atomic E-state index is 12.0. The van der Waals surface area contributed by atoms with Gasteiger partial charge in [0.25, 0.3) is 11.8 Å². The lowest BCUT2D eigenvalue weighted by Crippen LogP contribution is -2.41. The third kappa shape index (κ3) is 2.77. The summed E-state index contributed by atoms with van der Waals surface area (Å²) in [4.78, 5) is 26.7. The molecule has 0 spiro atoms. The van der Waals surface area contributed by atoms with E-state index in [2.05, 4.69) is 15.8 Å². The molecule has 0 saturated carbocycles. The Balaban J connectivity index is 1.66. The van der Waals surface area contributed by atoms with Crippen molar-refractivity contribution < 1.29 is 19.1 Å². The summed E-state index contributed by atoms with van der Waals surface area (Å²) in [5.74, 6) is 0.0917. The van der Waals surface area contributed by atoms with E-state index in [-0.39, 0.29) is 17.0 Å². The minimum Gasteiger partial charge on any atom is -0.454 e. The number of benzene rings is 1. The first-order valence-corrected chi connectivity index (χ1v) is 6.74. The number of H-pyrrole nitrogens is 1. The van der Waals surface area contributed by atoms with Gasteiger partial charge in [0, 0.05) is 11.8 Å². The summed E-state index contributed by atoms with van der Waals surface area (Å²) >= 11 is 5.00. The first-order chi connectivity index (χ1) is 10.6. The molecule has 1 aliphatic heterocycles. The average Bonchev–Trinajstić information content (AvgIpc) is 3.00. The molecule has 3 rings (SSSR count). The molecule has 1 aromatic heterocycles. The molecular formula is C14H11N3O4S. The summed E-state index contributed by atoms with van der Waals surface area (Å²) in [5.41, 5.74) is 5.23. The number of carbonyl (C=O) groups is 2. The van der Waals surface area contributed by atoms with Crippen molar-refractivity contribution in [3.8, 4) is 11.5 Å². The second-order valence-corrected chi connectivity index (χ2v) is 4.80. The average molecular weight is 317 g/mol. The van der Waals surface area contributed by atoms with Crippen LogP contribution < -0.4 is 20.3 Å². The van der Waals surface area contributed by atoms with Gasteiger partial charge in [0.2, 0.25) is 6.79 Å². The summed E-state index contributed by atoms with van der Waals surface area (Å²) < 4.78 is 10.6. The first kappa shape index (κ1) is 14.1. The predicted octanol–water partition coefficient (Wildman–Crippen LogP) is 1.55. The van der Waals surface area contributed by atoms with Crippen LogP contribution >= 0.6 is 12.2 Å². The number of rotatable bonds is 2. The number of carbonyl (C=O) groups excluding carboxylic acids is 2. The van der Waals surface area contributed by atoms with E-state index in [1.807, 2.05) is 0 Å². The summed E-state index contributed by atoms with van der Waals surface area (Å²) in [5, 5.41) is 0. The van der Waals surface area contributed by atoms with Crippen molar-refractivity contribution in [2.24, 2.45) is 0 Å². The molecule has 2 heterocycles. The number of hydrogen-bond acceptors (Lipinski definition) is 5. The Kier molecular flexibility index (Phi) is 3.75. The zero-order valence-electron chi connectivity index (χ0n) is 11.2. The zero-order chi connectivity index (χ0) is 15.5. The van der Waals surface area contributed by atoms with E-state index in [0.29, 0.717) is 17.1 Å². The molecule has 1 aromatic carbocycles. The quantitative estimate of drug-likeness (QED) is 0.577. The molecule has 112 valence electrons. The number of pyridine rings is 1. The summed E-state index contributed by atoms with van der Waals surface area (Å²) in [7, 11) is 0. The van der Waals surface area contributed by atoms with Gasteiger partial charge in [-0.25, -0.2) is 0 Å². The van der Waals surface area contributed by atoms with E-state index in [0.717, 1.165) is 0 Å². The van der Waals surface area contributed by atoms with Gasteiger partial charge in [-0.3, -0.25) is 20.4 Å². The largest absolute Gasteiger partial charge is 0.454 e. The summed E-state index contributed by atoms with van der Waals surface area (Å²) in [6.45, 7) is 0.128. The fourth-order valence-electron chi connectivity index (χ4n) is 1.89. The zero-order valence-corrected chi connectivity index (χ0v) is 12.0. The van der Waals surface area contributed by atoms with Crippen LogP contribution in [0.4, 0.5) is 0 Å². The number of fused-ring (bicyclic) bond motifs is 1. The third-order valence-corrected chi connectivity index (χ3v) is 3.32. The van der Waals surface area contributed by atoms with Gasteiger partial charge in [0.05, 0.1) is 5.56 Å². The van der Waals surface area contributed by atoms with Crippen LogP contribution in [-0.2, 0) is 0 Å². The van der Waals surface area contributed by atoms with Gasteiger partial charge in [-0.15, -0.1) is 0 Å². The monoisotopic (exact) mass is 317 g/mol. The lowest BCUT2D eigenvalue weighted by molar-refractivity contribution is 0.0846. The van der Waals surface area contributed by atoms with E-state index >= 15 is 0 Å². The maximum Gasteiger partial charge on any atom is 0.272 e. The van der Waals surface area contributed by atoms with Gasteiger partial charge in [-0.2, -0.15) is 0 Å². The van der Waals surface area contributed by atoms with E-state index in [4.69, 9.17) is 21.7 Å². The Morgan fingerprint density at radius 1 is 1.09 bits per heavy atom. The number of ether oxygens (including phenoxy) is 2. The fourth-order valence-corrected chi connectivity index (χ4v) is 2.12. The number of aromatic nitrogens is 1. The van der Waals surface area contributed by atoms with Gasteiger partial charge in [-0.1, -0.05) is 12.2 Å². The van der Waals surface area contributed by atoms with Crippen LogP contribution in [0.25, 0.3) is 0 Å². The molecule has 2 aromatic rings. The molecule has 2 amide bonds.